The van der Waals surface area contributed by atoms with Crippen LogP contribution in [0.3, 0.4) is 0 Å². The van der Waals surface area contributed by atoms with E-state index in [-0.39, 0.29) is 17.0 Å². The maximum atomic E-state index is 13.6. The van der Waals surface area contributed by atoms with Crippen LogP contribution in [0.1, 0.15) is 30.1 Å². The van der Waals surface area contributed by atoms with E-state index < -0.39 is 21.7 Å². The zero-order valence-corrected chi connectivity index (χ0v) is 12.6. The summed E-state index contributed by atoms with van der Waals surface area (Å²) in [5.74, 6) is -1.52. The first-order valence-electron chi connectivity index (χ1n) is 6.54. The fraction of sp³-hybridized carbons (Fsp3) is 0.462. The highest BCUT2D eigenvalue weighted by Gasteiger charge is 2.16. The molecule has 118 valence electrons. The number of nitrogens with two attached hydrogens (primary N) is 1. The molecule has 1 aromatic rings. The van der Waals surface area contributed by atoms with Crippen LogP contribution in [0, 0.1) is 5.82 Å². The molecule has 0 heterocycles. The Morgan fingerprint density at radius 2 is 2.10 bits per heavy atom. The summed E-state index contributed by atoms with van der Waals surface area (Å²) in [6, 6.07) is 2.82. The van der Waals surface area contributed by atoms with E-state index >= 15 is 0 Å². The van der Waals surface area contributed by atoms with Crippen molar-refractivity contribution in [3.63, 3.8) is 0 Å². The molecule has 1 aromatic carbocycles. The molecule has 0 radical (unpaired) electrons. The number of unbranched alkanes of at least 4 members (excludes halogenated alkanes) is 1. The number of sulfonamides is 1. The summed E-state index contributed by atoms with van der Waals surface area (Å²) in [5, 5.41) is 7.40. The zero-order chi connectivity index (χ0) is 15.9. The molecular weight excluding hydrogens is 299 g/mol. The van der Waals surface area contributed by atoms with Crippen molar-refractivity contribution in [3.05, 3.63) is 29.6 Å². The van der Waals surface area contributed by atoms with Gasteiger partial charge in [-0.25, -0.2) is 17.9 Å². The number of primary sulfonamides is 1. The smallest absolute Gasteiger partial charge is 0.254 e. The van der Waals surface area contributed by atoms with E-state index in [4.69, 9.17) is 9.88 Å². The molecule has 0 unspecified atom stereocenters. The Morgan fingerprint density at radius 3 is 2.71 bits per heavy atom. The summed E-state index contributed by atoms with van der Waals surface area (Å²) in [6.45, 7) is 3.15. The molecule has 0 spiro atoms. The van der Waals surface area contributed by atoms with Gasteiger partial charge in [0.25, 0.3) is 5.91 Å². The second-order valence-electron chi connectivity index (χ2n) is 4.41. The van der Waals surface area contributed by atoms with Crippen LogP contribution in [0.15, 0.2) is 23.1 Å². The Labute approximate surface area is 123 Å². The summed E-state index contributed by atoms with van der Waals surface area (Å²) in [7, 11) is -3.98. The molecule has 0 saturated heterocycles. The second-order valence-corrected chi connectivity index (χ2v) is 5.97. The van der Waals surface area contributed by atoms with Crippen LogP contribution in [-0.2, 0) is 14.8 Å². The number of hydrogen-bond acceptors (Lipinski definition) is 4. The van der Waals surface area contributed by atoms with Crippen molar-refractivity contribution < 1.29 is 22.3 Å². The number of benzene rings is 1. The van der Waals surface area contributed by atoms with Gasteiger partial charge in [0.1, 0.15) is 5.82 Å². The highest BCUT2D eigenvalue weighted by Crippen LogP contribution is 2.13. The highest BCUT2D eigenvalue weighted by molar-refractivity contribution is 7.89. The van der Waals surface area contributed by atoms with Crippen LogP contribution in [0.2, 0.25) is 0 Å². The molecule has 21 heavy (non-hydrogen) atoms. The van der Waals surface area contributed by atoms with Gasteiger partial charge in [-0.2, -0.15) is 0 Å². The van der Waals surface area contributed by atoms with Crippen molar-refractivity contribution in [2.45, 2.75) is 24.7 Å². The second kappa shape index (κ2) is 8.06. The highest BCUT2D eigenvalue weighted by atomic mass is 32.2. The number of amides is 1. The minimum atomic E-state index is -3.98. The molecule has 1 rings (SSSR count). The van der Waals surface area contributed by atoms with E-state index in [1.807, 2.05) is 6.92 Å². The minimum absolute atomic E-state index is 0.210. The number of halogens is 1. The van der Waals surface area contributed by atoms with E-state index in [1.54, 1.807) is 0 Å². The first kappa shape index (κ1) is 17.5. The Hall–Kier alpha value is -1.51. The van der Waals surface area contributed by atoms with Crippen LogP contribution in [0.5, 0.6) is 0 Å². The van der Waals surface area contributed by atoms with Crippen LogP contribution < -0.4 is 10.5 Å². The van der Waals surface area contributed by atoms with Crippen molar-refractivity contribution in [1.82, 2.24) is 5.32 Å². The summed E-state index contributed by atoms with van der Waals surface area (Å²) >= 11 is 0. The first-order chi connectivity index (χ1) is 9.86. The quantitative estimate of drug-likeness (QED) is 0.699. The largest absolute Gasteiger partial charge is 0.380 e. The third-order valence-corrected chi connectivity index (χ3v) is 3.60. The van der Waals surface area contributed by atoms with Gasteiger partial charge in [0.05, 0.1) is 17.1 Å². The van der Waals surface area contributed by atoms with E-state index in [9.17, 15) is 17.6 Å². The summed E-state index contributed by atoms with van der Waals surface area (Å²) in [6.07, 6.45) is 1.94. The van der Waals surface area contributed by atoms with Crippen molar-refractivity contribution in [1.29, 1.82) is 0 Å². The fourth-order valence-corrected chi connectivity index (χ4v) is 2.08. The SMILES string of the molecule is CCCCOCCNC(=O)c1cc(S(N)(=O)=O)ccc1F. The van der Waals surface area contributed by atoms with Crippen LogP contribution in [0.25, 0.3) is 0 Å². The maximum absolute atomic E-state index is 13.6. The van der Waals surface area contributed by atoms with E-state index in [2.05, 4.69) is 5.32 Å². The lowest BCUT2D eigenvalue weighted by molar-refractivity contribution is 0.0908. The van der Waals surface area contributed by atoms with Gasteiger partial charge >= 0.3 is 0 Å². The molecule has 0 fully saturated rings. The van der Waals surface area contributed by atoms with Gasteiger partial charge in [0.15, 0.2) is 0 Å². The van der Waals surface area contributed by atoms with E-state index in [1.165, 1.54) is 0 Å². The normalized spacial score (nSPS) is 11.4. The van der Waals surface area contributed by atoms with E-state index in [0.717, 1.165) is 31.0 Å². The number of carbonyl (C=O) groups excluding carboxylic acids is 1. The molecule has 0 atom stereocenters. The van der Waals surface area contributed by atoms with Crippen molar-refractivity contribution in [3.8, 4) is 0 Å². The average Bonchev–Trinajstić information content (AvgIpc) is 2.41. The predicted octanol–water partition coefficient (Wildman–Crippen LogP) is 1.02. The van der Waals surface area contributed by atoms with Crippen molar-refractivity contribution in [2.75, 3.05) is 19.8 Å². The molecule has 1 amide bonds. The maximum Gasteiger partial charge on any atom is 0.254 e. The molecule has 0 saturated carbocycles. The summed E-state index contributed by atoms with van der Waals surface area (Å²) in [5.41, 5.74) is -0.366. The molecule has 3 N–H and O–H groups in total. The van der Waals surface area contributed by atoms with Gasteiger partial charge in [0.2, 0.25) is 10.0 Å². The molecular formula is C13H19FN2O4S. The molecule has 6 nitrogen and oxygen atoms in total. The third kappa shape index (κ3) is 5.78. The number of carbonyl (C=O) groups is 1. The van der Waals surface area contributed by atoms with Crippen LogP contribution in [0.4, 0.5) is 4.39 Å². The molecule has 8 heteroatoms. The topological polar surface area (TPSA) is 98.5 Å². The van der Waals surface area contributed by atoms with Gasteiger partial charge in [-0.1, -0.05) is 13.3 Å². The Balaban J connectivity index is 2.62. The Morgan fingerprint density at radius 1 is 1.38 bits per heavy atom. The zero-order valence-electron chi connectivity index (χ0n) is 11.8. The predicted molar refractivity (Wildman–Crippen MR) is 75.8 cm³/mol. The average molecular weight is 318 g/mol. The standard InChI is InChI=1S/C13H19FN2O4S/c1-2-3-7-20-8-6-16-13(17)11-9-10(21(15,18)19)4-5-12(11)14/h4-5,9H,2-3,6-8H2,1H3,(H,16,17)(H2,15,18,19). The Kier molecular flexibility index (Phi) is 6.73. The monoisotopic (exact) mass is 318 g/mol. The molecule has 0 aromatic heterocycles. The molecule has 0 aliphatic rings. The molecule has 0 aliphatic heterocycles. The van der Waals surface area contributed by atoms with Gasteiger partial charge < -0.3 is 10.1 Å². The number of nitrogens with one attached hydrogen (secondary N) is 1. The number of hydrogen-bond donors (Lipinski definition) is 2. The first-order valence-corrected chi connectivity index (χ1v) is 8.09. The van der Waals surface area contributed by atoms with E-state index in [0.29, 0.717) is 13.2 Å². The lowest BCUT2D eigenvalue weighted by Crippen LogP contribution is -2.28. The third-order valence-electron chi connectivity index (χ3n) is 2.69. The lowest BCUT2D eigenvalue weighted by Gasteiger charge is -2.08. The molecule has 0 aliphatic carbocycles. The Bertz CT molecular complexity index is 590. The van der Waals surface area contributed by atoms with Gasteiger partial charge in [-0.05, 0) is 24.6 Å². The number of rotatable bonds is 8. The molecule has 0 bridgehead atoms. The van der Waals surface area contributed by atoms with Gasteiger partial charge in [-0.15, -0.1) is 0 Å². The van der Waals surface area contributed by atoms with Crippen molar-refractivity contribution in [2.24, 2.45) is 5.14 Å². The van der Waals surface area contributed by atoms with Crippen LogP contribution in [-0.4, -0.2) is 34.1 Å². The van der Waals surface area contributed by atoms with Crippen LogP contribution >= 0.6 is 0 Å². The van der Waals surface area contributed by atoms with Gasteiger partial charge in [-0.3, -0.25) is 4.79 Å². The minimum Gasteiger partial charge on any atom is -0.380 e. The fourth-order valence-electron chi connectivity index (χ4n) is 1.54. The lowest BCUT2D eigenvalue weighted by atomic mass is 10.2. The number of ether oxygens (including phenoxy) is 1. The van der Waals surface area contributed by atoms with Gasteiger partial charge in [0, 0.05) is 13.2 Å². The summed E-state index contributed by atoms with van der Waals surface area (Å²) in [4.78, 5) is 11.5. The summed E-state index contributed by atoms with van der Waals surface area (Å²) < 4.78 is 41.2. The van der Waals surface area contributed by atoms with Crippen molar-refractivity contribution >= 4 is 15.9 Å².